The van der Waals surface area contributed by atoms with Gasteiger partial charge < -0.3 is 5.11 Å². The Morgan fingerprint density at radius 1 is 1.22 bits per heavy atom. The molecule has 0 unspecified atom stereocenters. The van der Waals surface area contributed by atoms with Crippen molar-refractivity contribution in [1.29, 1.82) is 0 Å². The predicted molar refractivity (Wildman–Crippen MR) is 101 cm³/mol. The topological polar surface area (TPSA) is 135 Å². The fourth-order valence-electron chi connectivity index (χ4n) is 2.06. The molecule has 3 rings (SSSR count). The standard InChI is InChI=1S/C16H12N4O5S2/c21-15-6-3-13(20(22)23)9-11(15)10-18-12-1-4-14(5-2-12)27(24,25)19-16-17-7-8-26-16/h1-10,21H,(H,17,19)/b18-10+. The van der Waals surface area contributed by atoms with Crippen molar-refractivity contribution < 1.29 is 18.4 Å². The van der Waals surface area contributed by atoms with Crippen molar-refractivity contribution >= 4 is 44.1 Å². The average Bonchev–Trinajstić information content (AvgIpc) is 3.13. The molecule has 138 valence electrons. The predicted octanol–water partition coefficient (Wildman–Crippen LogP) is 3.31. The van der Waals surface area contributed by atoms with Gasteiger partial charge in [0.2, 0.25) is 0 Å². The number of phenols is 1. The molecule has 0 aliphatic heterocycles. The van der Waals surface area contributed by atoms with Crippen LogP contribution in [0.1, 0.15) is 5.56 Å². The number of aliphatic imine (C=N–C) groups is 1. The van der Waals surface area contributed by atoms with E-state index in [1.165, 1.54) is 54.9 Å². The SMILES string of the molecule is O=[N+]([O-])c1ccc(O)c(/C=N/c2ccc(S(=O)(=O)Nc3nccs3)cc2)c1. The summed E-state index contributed by atoms with van der Waals surface area (Å²) in [5.41, 5.74) is 0.407. The summed E-state index contributed by atoms with van der Waals surface area (Å²) in [6.45, 7) is 0. The number of aromatic nitrogens is 1. The minimum atomic E-state index is -3.76. The zero-order chi connectivity index (χ0) is 19.4. The maximum Gasteiger partial charge on any atom is 0.270 e. The van der Waals surface area contributed by atoms with Gasteiger partial charge in [-0.15, -0.1) is 11.3 Å². The number of rotatable bonds is 6. The highest BCUT2D eigenvalue weighted by Gasteiger charge is 2.15. The summed E-state index contributed by atoms with van der Waals surface area (Å²) in [5, 5.41) is 22.5. The molecule has 3 aromatic rings. The lowest BCUT2D eigenvalue weighted by molar-refractivity contribution is -0.384. The Labute approximate surface area is 157 Å². The summed E-state index contributed by atoms with van der Waals surface area (Å²) in [6, 6.07) is 9.27. The Morgan fingerprint density at radius 2 is 1.96 bits per heavy atom. The number of nitrogens with zero attached hydrogens (tertiary/aromatic N) is 3. The van der Waals surface area contributed by atoms with E-state index < -0.39 is 14.9 Å². The van der Waals surface area contributed by atoms with Crippen molar-refractivity contribution in [2.75, 3.05) is 4.72 Å². The highest BCUT2D eigenvalue weighted by Crippen LogP contribution is 2.23. The van der Waals surface area contributed by atoms with Crippen molar-refractivity contribution in [3.63, 3.8) is 0 Å². The van der Waals surface area contributed by atoms with Crippen LogP contribution in [0, 0.1) is 10.1 Å². The van der Waals surface area contributed by atoms with Gasteiger partial charge in [-0.25, -0.2) is 13.4 Å². The molecular weight excluding hydrogens is 392 g/mol. The van der Waals surface area contributed by atoms with Crippen LogP contribution in [0.4, 0.5) is 16.5 Å². The van der Waals surface area contributed by atoms with Gasteiger partial charge in [-0.3, -0.25) is 19.8 Å². The number of nitro benzene ring substituents is 1. The Morgan fingerprint density at radius 3 is 2.59 bits per heavy atom. The Bertz CT molecular complexity index is 1090. The molecule has 0 aliphatic carbocycles. The number of sulfonamides is 1. The van der Waals surface area contributed by atoms with Crippen LogP contribution in [0.2, 0.25) is 0 Å². The molecule has 0 amide bonds. The maximum absolute atomic E-state index is 12.3. The lowest BCUT2D eigenvalue weighted by atomic mass is 10.2. The van der Waals surface area contributed by atoms with Crippen LogP contribution in [0.15, 0.2) is 63.9 Å². The Kier molecular flexibility index (Phi) is 5.14. The van der Waals surface area contributed by atoms with E-state index in [0.717, 1.165) is 11.3 Å². The summed E-state index contributed by atoms with van der Waals surface area (Å²) in [6.07, 6.45) is 2.75. The monoisotopic (exact) mass is 404 g/mol. The van der Waals surface area contributed by atoms with Gasteiger partial charge in [0.15, 0.2) is 5.13 Å². The van der Waals surface area contributed by atoms with Gasteiger partial charge in [0.05, 0.1) is 15.5 Å². The van der Waals surface area contributed by atoms with E-state index in [2.05, 4.69) is 14.7 Å². The van der Waals surface area contributed by atoms with Crippen molar-refractivity contribution in [3.05, 3.63) is 69.7 Å². The molecule has 0 fully saturated rings. The van der Waals surface area contributed by atoms with E-state index in [4.69, 9.17) is 0 Å². The minimum absolute atomic E-state index is 0.0369. The number of phenolic OH excluding ortho intramolecular Hbond substituents is 1. The first-order valence-corrected chi connectivity index (χ1v) is 9.75. The molecule has 1 heterocycles. The fourth-order valence-corrected chi connectivity index (χ4v) is 3.85. The summed E-state index contributed by atoms with van der Waals surface area (Å²) in [7, 11) is -3.76. The molecule has 0 aliphatic rings. The number of hydrogen-bond donors (Lipinski definition) is 2. The Balaban J connectivity index is 1.79. The van der Waals surface area contributed by atoms with Crippen molar-refractivity contribution in [3.8, 4) is 5.75 Å². The number of benzene rings is 2. The van der Waals surface area contributed by atoms with Gasteiger partial charge in [-0.1, -0.05) is 0 Å². The summed E-state index contributed by atoms with van der Waals surface area (Å²) in [5.74, 6) is -0.156. The minimum Gasteiger partial charge on any atom is -0.507 e. The van der Waals surface area contributed by atoms with Crippen LogP contribution in [-0.4, -0.2) is 29.6 Å². The van der Waals surface area contributed by atoms with Gasteiger partial charge in [0.25, 0.3) is 15.7 Å². The molecule has 9 nitrogen and oxygen atoms in total. The zero-order valence-corrected chi connectivity index (χ0v) is 15.1. The molecule has 0 radical (unpaired) electrons. The van der Waals surface area contributed by atoms with Crippen molar-refractivity contribution in [1.82, 2.24) is 4.98 Å². The molecule has 1 aromatic heterocycles. The number of hydrogen-bond acceptors (Lipinski definition) is 8. The second-order valence-electron chi connectivity index (χ2n) is 5.20. The van der Waals surface area contributed by atoms with E-state index in [9.17, 15) is 23.6 Å². The molecule has 0 bridgehead atoms. The number of aromatic hydroxyl groups is 1. The number of nitrogens with one attached hydrogen (secondary N) is 1. The molecular formula is C16H12N4O5S2. The third-order valence-corrected chi connectivity index (χ3v) is 5.55. The average molecular weight is 404 g/mol. The van der Waals surface area contributed by atoms with E-state index in [-0.39, 0.29) is 27.0 Å². The first kappa shape index (κ1) is 18.5. The first-order valence-electron chi connectivity index (χ1n) is 7.39. The fraction of sp³-hybridized carbons (Fsp3) is 0. The van der Waals surface area contributed by atoms with E-state index in [0.29, 0.717) is 5.69 Å². The van der Waals surface area contributed by atoms with Gasteiger partial charge in [-0.05, 0) is 30.3 Å². The number of non-ortho nitro benzene ring substituents is 1. The van der Waals surface area contributed by atoms with E-state index in [1.807, 2.05) is 0 Å². The summed E-state index contributed by atoms with van der Waals surface area (Å²) >= 11 is 1.16. The van der Waals surface area contributed by atoms with Gasteiger partial charge in [-0.2, -0.15) is 0 Å². The van der Waals surface area contributed by atoms with Gasteiger partial charge >= 0.3 is 0 Å². The van der Waals surface area contributed by atoms with Crippen LogP contribution in [0.5, 0.6) is 5.75 Å². The van der Waals surface area contributed by atoms with E-state index >= 15 is 0 Å². The number of nitro groups is 1. The molecule has 11 heteroatoms. The quantitative estimate of drug-likeness (QED) is 0.368. The molecule has 2 N–H and O–H groups in total. The summed E-state index contributed by atoms with van der Waals surface area (Å²) in [4.78, 5) is 18.2. The number of thiazole rings is 1. The largest absolute Gasteiger partial charge is 0.507 e. The molecule has 27 heavy (non-hydrogen) atoms. The first-order chi connectivity index (χ1) is 12.8. The molecule has 0 saturated carbocycles. The Hall–Kier alpha value is -3.31. The van der Waals surface area contributed by atoms with Crippen LogP contribution in [0.25, 0.3) is 0 Å². The molecule has 0 spiro atoms. The number of anilines is 1. The maximum atomic E-state index is 12.3. The third kappa shape index (κ3) is 4.46. The highest BCUT2D eigenvalue weighted by molar-refractivity contribution is 7.93. The lowest BCUT2D eigenvalue weighted by Gasteiger charge is -2.05. The van der Waals surface area contributed by atoms with Crippen molar-refractivity contribution in [2.45, 2.75) is 4.90 Å². The van der Waals surface area contributed by atoms with Gasteiger partial charge in [0, 0.05) is 35.5 Å². The van der Waals surface area contributed by atoms with Crippen LogP contribution in [0.3, 0.4) is 0 Å². The normalized spacial score (nSPS) is 11.6. The second kappa shape index (κ2) is 7.51. The van der Waals surface area contributed by atoms with Crippen LogP contribution >= 0.6 is 11.3 Å². The second-order valence-corrected chi connectivity index (χ2v) is 7.77. The molecule has 2 aromatic carbocycles. The lowest BCUT2D eigenvalue weighted by Crippen LogP contribution is -2.12. The smallest absolute Gasteiger partial charge is 0.270 e. The third-order valence-electron chi connectivity index (χ3n) is 3.38. The molecule has 0 saturated heterocycles. The van der Waals surface area contributed by atoms with Crippen LogP contribution in [-0.2, 0) is 10.0 Å². The van der Waals surface area contributed by atoms with Gasteiger partial charge in [0.1, 0.15) is 5.75 Å². The highest BCUT2D eigenvalue weighted by atomic mass is 32.2. The molecule has 0 atom stereocenters. The van der Waals surface area contributed by atoms with Crippen molar-refractivity contribution in [2.24, 2.45) is 4.99 Å². The summed E-state index contributed by atoms with van der Waals surface area (Å²) < 4.78 is 26.9. The van der Waals surface area contributed by atoms with E-state index in [1.54, 1.807) is 5.38 Å². The van der Waals surface area contributed by atoms with Crippen LogP contribution < -0.4 is 4.72 Å². The zero-order valence-electron chi connectivity index (χ0n) is 13.5.